The Morgan fingerprint density at radius 3 is 2.67 bits per heavy atom. The van der Waals surface area contributed by atoms with Gasteiger partial charge in [-0.3, -0.25) is 4.79 Å². The molecule has 1 aromatic heterocycles. The molecule has 0 saturated heterocycles. The fourth-order valence-corrected chi connectivity index (χ4v) is 2.99. The van der Waals surface area contributed by atoms with E-state index >= 15 is 0 Å². The largest absolute Gasteiger partial charge is 0.334 e. The van der Waals surface area contributed by atoms with Gasteiger partial charge < -0.3 is 16.0 Å². The third-order valence-electron chi connectivity index (χ3n) is 3.75. The molecule has 1 fully saturated rings. The molecule has 1 aromatic carbocycles. The van der Waals surface area contributed by atoms with E-state index in [1.54, 1.807) is 0 Å². The summed E-state index contributed by atoms with van der Waals surface area (Å²) in [5, 5.41) is 10.5. The van der Waals surface area contributed by atoms with Gasteiger partial charge in [0.2, 0.25) is 5.91 Å². The highest BCUT2D eigenvalue weighted by atomic mass is 32.1. The molecule has 1 saturated carbocycles. The minimum absolute atomic E-state index is 0.0852. The van der Waals surface area contributed by atoms with Crippen LogP contribution in [0.1, 0.15) is 35.6 Å². The number of thiazole rings is 1. The molecule has 3 amide bonds. The van der Waals surface area contributed by atoms with Crippen molar-refractivity contribution in [3.8, 4) is 0 Å². The van der Waals surface area contributed by atoms with Crippen LogP contribution in [0.2, 0.25) is 0 Å². The average molecular weight is 344 g/mol. The van der Waals surface area contributed by atoms with E-state index in [1.807, 2.05) is 36.6 Å². The van der Waals surface area contributed by atoms with E-state index in [1.165, 1.54) is 29.7 Å². The smallest absolute Gasteiger partial charge is 0.315 e. The van der Waals surface area contributed by atoms with Gasteiger partial charge in [0.25, 0.3) is 0 Å². The Morgan fingerprint density at radius 1 is 1.21 bits per heavy atom. The summed E-state index contributed by atoms with van der Waals surface area (Å²) in [6.45, 7) is 2.35. The van der Waals surface area contributed by atoms with Crippen molar-refractivity contribution in [3.63, 3.8) is 0 Å². The SMILES string of the molecule is Cc1ccc(CNC(=O)NCC(=O)Nc2nc(C3CC3)cs2)cc1. The molecule has 0 unspecified atom stereocenters. The average Bonchev–Trinajstić information content (AvgIpc) is 3.32. The standard InChI is InChI=1S/C17H20N4O2S/c1-11-2-4-12(5-3-11)8-18-16(23)19-9-15(22)21-17-20-14(10-24-17)13-6-7-13/h2-5,10,13H,6-9H2,1H3,(H2,18,19,23)(H,20,21,22). The molecule has 0 bridgehead atoms. The first-order chi connectivity index (χ1) is 11.6. The molecule has 3 N–H and O–H groups in total. The Bertz CT molecular complexity index is 722. The number of amides is 3. The van der Waals surface area contributed by atoms with Crippen LogP contribution in [0.5, 0.6) is 0 Å². The number of urea groups is 1. The lowest BCUT2D eigenvalue weighted by atomic mass is 10.1. The first kappa shape index (κ1) is 16.4. The molecule has 0 radical (unpaired) electrons. The molecule has 3 rings (SSSR count). The minimum atomic E-state index is -0.372. The van der Waals surface area contributed by atoms with Crippen LogP contribution in [0, 0.1) is 6.92 Å². The van der Waals surface area contributed by atoms with Crippen LogP contribution in [0.4, 0.5) is 9.93 Å². The van der Waals surface area contributed by atoms with E-state index in [0.717, 1.165) is 11.3 Å². The van der Waals surface area contributed by atoms with Gasteiger partial charge in [-0.2, -0.15) is 0 Å². The number of nitrogens with one attached hydrogen (secondary N) is 3. The number of hydrogen-bond acceptors (Lipinski definition) is 4. The normalized spacial score (nSPS) is 13.4. The van der Waals surface area contributed by atoms with Gasteiger partial charge in [0, 0.05) is 17.8 Å². The third-order valence-corrected chi connectivity index (χ3v) is 4.52. The molecular weight excluding hydrogens is 324 g/mol. The summed E-state index contributed by atoms with van der Waals surface area (Å²) < 4.78 is 0. The zero-order chi connectivity index (χ0) is 16.9. The second-order valence-electron chi connectivity index (χ2n) is 5.92. The van der Waals surface area contributed by atoms with Crippen LogP contribution in [-0.2, 0) is 11.3 Å². The number of aryl methyl sites for hydroxylation is 1. The van der Waals surface area contributed by atoms with Crippen LogP contribution in [0.15, 0.2) is 29.6 Å². The van der Waals surface area contributed by atoms with Gasteiger partial charge in [-0.1, -0.05) is 29.8 Å². The molecule has 1 aliphatic carbocycles. The van der Waals surface area contributed by atoms with Crippen molar-refractivity contribution >= 4 is 28.4 Å². The van der Waals surface area contributed by atoms with E-state index < -0.39 is 0 Å². The minimum Gasteiger partial charge on any atom is -0.334 e. The number of carbonyl (C=O) groups excluding carboxylic acids is 2. The predicted octanol–water partition coefficient (Wildman–Crippen LogP) is 2.77. The number of hydrogen-bond donors (Lipinski definition) is 3. The van der Waals surface area contributed by atoms with E-state index in [0.29, 0.717) is 17.6 Å². The summed E-state index contributed by atoms with van der Waals surface area (Å²) in [5.41, 5.74) is 3.24. The fraction of sp³-hybridized carbons (Fsp3) is 0.353. The predicted molar refractivity (Wildman–Crippen MR) is 94.1 cm³/mol. The monoisotopic (exact) mass is 344 g/mol. The van der Waals surface area contributed by atoms with E-state index in [9.17, 15) is 9.59 Å². The number of benzene rings is 1. The summed E-state index contributed by atoms with van der Waals surface area (Å²) in [4.78, 5) is 27.9. The number of carbonyl (C=O) groups is 2. The topological polar surface area (TPSA) is 83.1 Å². The Morgan fingerprint density at radius 2 is 1.96 bits per heavy atom. The fourth-order valence-electron chi connectivity index (χ4n) is 2.18. The van der Waals surface area contributed by atoms with Crippen molar-refractivity contribution in [1.82, 2.24) is 15.6 Å². The third kappa shape index (κ3) is 4.79. The maximum absolute atomic E-state index is 11.8. The highest BCUT2D eigenvalue weighted by Gasteiger charge is 2.26. The molecule has 2 aromatic rings. The van der Waals surface area contributed by atoms with Crippen LogP contribution in [-0.4, -0.2) is 23.5 Å². The number of aromatic nitrogens is 1. The molecule has 7 heteroatoms. The second kappa shape index (κ2) is 7.44. The van der Waals surface area contributed by atoms with Gasteiger partial charge in [0.15, 0.2) is 5.13 Å². The maximum Gasteiger partial charge on any atom is 0.315 e. The molecule has 6 nitrogen and oxygen atoms in total. The van der Waals surface area contributed by atoms with Gasteiger partial charge >= 0.3 is 6.03 Å². The summed E-state index contributed by atoms with van der Waals surface area (Å²) in [6, 6.07) is 7.53. The molecule has 1 aliphatic rings. The van der Waals surface area contributed by atoms with Crippen LogP contribution in [0.3, 0.4) is 0 Å². The lowest BCUT2D eigenvalue weighted by Crippen LogP contribution is -2.39. The van der Waals surface area contributed by atoms with Crippen LogP contribution in [0.25, 0.3) is 0 Å². The quantitative estimate of drug-likeness (QED) is 0.753. The van der Waals surface area contributed by atoms with Crippen LogP contribution < -0.4 is 16.0 Å². The van der Waals surface area contributed by atoms with Crippen molar-refractivity contribution in [3.05, 3.63) is 46.5 Å². The Balaban J connectivity index is 1.37. The van der Waals surface area contributed by atoms with Crippen molar-refractivity contribution in [1.29, 1.82) is 0 Å². The summed E-state index contributed by atoms with van der Waals surface area (Å²) in [6.07, 6.45) is 2.36. The molecule has 0 atom stereocenters. The first-order valence-electron chi connectivity index (χ1n) is 7.92. The first-order valence-corrected chi connectivity index (χ1v) is 8.80. The highest BCUT2D eigenvalue weighted by Crippen LogP contribution is 2.40. The van der Waals surface area contributed by atoms with E-state index in [2.05, 4.69) is 20.9 Å². The van der Waals surface area contributed by atoms with Gasteiger partial charge in [-0.05, 0) is 25.3 Å². The Kier molecular flexibility index (Phi) is 5.10. The molecule has 0 aliphatic heterocycles. The number of nitrogens with zero attached hydrogens (tertiary/aromatic N) is 1. The van der Waals surface area contributed by atoms with Crippen molar-refractivity contribution in [2.45, 2.75) is 32.2 Å². The Labute approximate surface area is 144 Å². The lowest BCUT2D eigenvalue weighted by Gasteiger charge is -2.07. The second-order valence-corrected chi connectivity index (χ2v) is 6.78. The number of anilines is 1. The summed E-state index contributed by atoms with van der Waals surface area (Å²) >= 11 is 1.42. The summed E-state index contributed by atoms with van der Waals surface area (Å²) in [7, 11) is 0. The Hall–Kier alpha value is -2.41. The molecule has 0 spiro atoms. The van der Waals surface area contributed by atoms with Crippen molar-refractivity contribution in [2.24, 2.45) is 0 Å². The lowest BCUT2D eigenvalue weighted by molar-refractivity contribution is -0.115. The maximum atomic E-state index is 11.8. The van der Waals surface area contributed by atoms with E-state index in [-0.39, 0.29) is 18.5 Å². The zero-order valence-corrected chi connectivity index (χ0v) is 14.3. The van der Waals surface area contributed by atoms with Crippen LogP contribution >= 0.6 is 11.3 Å². The van der Waals surface area contributed by atoms with E-state index in [4.69, 9.17) is 0 Å². The zero-order valence-electron chi connectivity index (χ0n) is 13.5. The molecular formula is C17H20N4O2S. The van der Waals surface area contributed by atoms with Crippen molar-refractivity contribution in [2.75, 3.05) is 11.9 Å². The van der Waals surface area contributed by atoms with Gasteiger partial charge in [-0.15, -0.1) is 11.3 Å². The number of rotatable bonds is 6. The molecule has 24 heavy (non-hydrogen) atoms. The highest BCUT2D eigenvalue weighted by molar-refractivity contribution is 7.13. The van der Waals surface area contributed by atoms with Crippen molar-refractivity contribution < 1.29 is 9.59 Å². The molecule has 126 valence electrons. The van der Waals surface area contributed by atoms with Gasteiger partial charge in [0.05, 0.1) is 12.2 Å². The van der Waals surface area contributed by atoms with Gasteiger partial charge in [0.1, 0.15) is 0 Å². The molecule has 1 heterocycles. The van der Waals surface area contributed by atoms with Gasteiger partial charge in [-0.25, -0.2) is 9.78 Å². The summed E-state index contributed by atoms with van der Waals surface area (Å²) in [5.74, 6) is 0.287.